The molecule has 0 saturated heterocycles. The lowest BCUT2D eigenvalue weighted by Gasteiger charge is -2.14. The molecule has 0 unspecified atom stereocenters. The topological polar surface area (TPSA) is 101 Å². The molecule has 3 amide bonds. The van der Waals surface area contributed by atoms with Gasteiger partial charge in [-0.2, -0.15) is 0 Å². The number of ether oxygens (including phenoxy) is 1. The van der Waals surface area contributed by atoms with Crippen LogP contribution in [0.2, 0.25) is 0 Å². The van der Waals surface area contributed by atoms with Gasteiger partial charge in [-0.1, -0.05) is 15.9 Å². The number of nitrogens with zero attached hydrogens (tertiary/aromatic N) is 1. The highest BCUT2D eigenvalue weighted by Crippen LogP contribution is 2.24. The Bertz CT molecular complexity index is 1120. The molecule has 3 aromatic rings. The van der Waals surface area contributed by atoms with E-state index in [1.54, 1.807) is 56.3 Å². The summed E-state index contributed by atoms with van der Waals surface area (Å²) in [6.45, 7) is 5.95. The number of hydrogen-bond donors (Lipinski definition) is 3. The summed E-state index contributed by atoms with van der Waals surface area (Å²) in [5, 5.41) is 6.05. The fraction of sp³-hybridized carbons (Fsp3) is 0.227. The highest BCUT2D eigenvalue weighted by molar-refractivity contribution is 9.10. The Hall–Kier alpha value is -3.33. The molecule has 9 heteroatoms. The maximum atomic E-state index is 13.0. The molecule has 0 aliphatic heterocycles. The lowest BCUT2D eigenvalue weighted by atomic mass is 10.2. The third-order valence-electron chi connectivity index (χ3n) is 4.26. The van der Waals surface area contributed by atoms with Crippen molar-refractivity contribution in [2.45, 2.75) is 26.8 Å². The molecular weight excluding hydrogens is 464 g/mol. The monoisotopic (exact) mass is 486 g/mol. The van der Waals surface area contributed by atoms with Gasteiger partial charge in [0, 0.05) is 21.6 Å². The smallest absolute Gasteiger partial charge is 0.328 e. The molecule has 0 bridgehead atoms. The van der Waals surface area contributed by atoms with Crippen molar-refractivity contribution in [3.05, 3.63) is 58.7 Å². The maximum Gasteiger partial charge on any atom is 0.328 e. The molecule has 3 rings (SSSR count). The van der Waals surface area contributed by atoms with Crippen LogP contribution < -0.4 is 20.8 Å². The Morgan fingerprint density at radius 3 is 2.39 bits per heavy atom. The van der Waals surface area contributed by atoms with Crippen LogP contribution in [0.1, 0.15) is 31.3 Å². The highest BCUT2D eigenvalue weighted by atomic mass is 79.9. The number of carbonyl (C=O) groups excluding carboxylic acids is 3. The number of hydrogen-bond acceptors (Lipinski definition) is 4. The summed E-state index contributed by atoms with van der Waals surface area (Å²) in [6.07, 6.45) is 0. The number of benzene rings is 2. The number of anilines is 1. The first kappa shape index (κ1) is 22.4. The first-order chi connectivity index (χ1) is 14.8. The standard InChI is InChI=1S/C22H23BrN4O4/c1-4-31-17-8-6-16(7-9-17)25-20(28)19-12-14-11-15(23)5-10-18(14)27(19)26-22(30)21(29)24-13(2)3/h5-13H,4H2,1-3H3,(H,24,29)(H,25,28)(H,26,30). The van der Waals surface area contributed by atoms with Crippen molar-refractivity contribution < 1.29 is 19.1 Å². The van der Waals surface area contributed by atoms with Crippen LogP contribution in [0.15, 0.2) is 53.0 Å². The maximum absolute atomic E-state index is 13.0. The molecule has 0 spiro atoms. The minimum atomic E-state index is -0.871. The van der Waals surface area contributed by atoms with Crippen molar-refractivity contribution in [3.63, 3.8) is 0 Å². The molecule has 0 radical (unpaired) electrons. The second-order valence-corrected chi connectivity index (χ2v) is 7.96. The van der Waals surface area contributed by atoms with Gasteiger partial charge in [0.05, 0.1) is 12.1 Å². The van der Waals surface area contributed by atoms with Gasteiger partial charge in [0.15, 0.2) is 0 Å². The summed E-state index contributed by atoms with van der Waals surface area (Å²) in [5.74, 6) is -1.40. The van der Waals surface area contributed by atoms with Crippen molar-refractivity contribution in [1.29, 1.82) is 0 Å². The van der Waals surface area contributed by atoms with E-state index in [4.69, 9.17) is 4.74 Å². The van der Waals surface area contributed by atoms with E-state index in [2.05, 4.69) is 32.0 Å². The summed E-state index contributed by atoms with van der Waals surface area (Å²) >= 11 is 3.40. The van der Waals surface area contributed by atoms with Gasteiger partial charge in [-0.05, 0) is 69.3 Å². The Kier molecular flexibility index (Phi) is 6.96. The molecule has 0 aliphatic rings. The predicted octanol–water partition coefficient (Wildman–Crippen LogP) is 3.65. The first-order valence-electron chi connectivity index (χ1n) is 9.75. The molecule has 3 N–H and O–H groups in total. The van der Waals surface area contributed by atoms with Crippen molar-refractivity contribution in [3.8, 4) is 5.75 Å². The van der Waals surface area contributed by atoms with Gasteiger partial charge in [0.1, 0.15) is 11.4 Å². The third kappa shape index (κ3) is 5.43. The molecular formula is C22H23BrN4O4. The number of fused-ring (bicyclic) bond motifs is 1. The van der Waals surface area contributed by atoms with Gasteiger partial charge in [0.2, 0.25) is 0 Å². The van der Waals surface area contributed by atoms with E-state index < -0.39 is 17.7 Å². The Morgan fingerprint density at radius 2 is 1.74 bits per heavy atom. The van der Waals surface area contributed by atoms with E-state index in [0.29, 0.717) is 23.6 Å². The van der Waals surface area contributed by atoms with Gasteiger partial charge < -0.3 is 15.4 Å². The van der Waals surface area contributed by atoms with Gasteiger partial charge in [0.25, 0.3) is 5.91 Å². The number of halogens is 1. The first-order valence-corrected chi connectivity index (χ1v) is 10.5. The van der Waals surface area contributed by atoms with Crippen LogP contribution in [0.3, 0.4) is 0 Å². The Labute approximate surface area is 188 Å². The van der Waals surface area contributed by atoms with Gasteiger partial charge >= 0.3 is 11.8 Å². The second-order valence-electron chi connectivity index (χ2n) is 7.05. The summed E-state index contributed by atoms with van der Waals surface area (Å²) in [4.78, 5) is 37.5. The number of rotatable bonds is 6. The van der Waals surface area contributed by atoms with Gasteiger partial charge in [-0.25, -0.2) is 4.68 Å². The highest BCUT2D eigenvalue weighted by Gasteiger charge is 2.21. The summed E-state index contributed by atoms with van der Waals surface area (Å²) in [7, 11) is 0. The SMILES string of the molecule is CCOc1ccc(NC(=O)c2cc3cc(Br)ccc3n2NC(=O)C(=O)NC(C)C)cc1. The minimum absolute atomic E-state index is 0.174. The zero-order chi connectivity index (χ0) is 22.5. The van der Waals surface area contributed by atoms with Crippen LogP contribution in [0.5, 0.6) is 5.75 Å². The van der Waals surface area contributed by atoms with E-state index in [-0.39, 0.29) is 11.7 Å². The number of aromatic nitrogens is 1. The fourth-order valence-electron chi connectivity index (χ4n) is 2.95. The molecule has 0 atom stereocenters. The molecule has 31 heavy (non-hydrogen) atoms. The van der Waals surface area contributed by atoms with Crippen LogP contribution in [-0.2, 0) is 9.59 Å². The zero-order valence-electron chi connectivity index (χ0n) is 17.4. The molecule has 2 aromatic carbocycles. The molecule has 1 aromatic heterocycles. The number of amides is 3. The van der Waals surface area contributed by atoms with Gasteiger partial charge in [-0.15, -0.1) is 0 Å². The molecule has 0 fully saturated rings. The average molecular weight is 487 g/mol. The number of nitrogens with one attached hydrogen (secondary N) is 3. The average Bonchev–Trinajstić information content (AvgIpc) is 3.06. The van der Waals surface area contributed by atoms with E-state index >= 15 is 0 Å². The largest absolute Gasteiger partial charge is 0.494 e. The van der Waals surface area contributed by atoms with Gasteiger partial charge in [-0.3, -0.25) is 19.8 Å². The Balaban J connectivity index is 1.91. The van der Waals surface area contributed by atoms with Crippen LogP contribution in [0.25, 0.3) is 10.9 Å². The van der Waals surface area contributed by atoms with E-state index in [9.17, 15) is 14.4 Å². The second kappa shape index (κ2) is 9.65. The lowest BCUT2D eigenvalue weighted by Crippen LogP contribution is -2.42. The van der Waals surface area contributed by atoms with Crippen molar-refractivity contribution >= 4 is 50.2 Å². The summed E-state index contributed by atoms with van der Waals surface area (Å²) in [6, 6.07) is 13.7. The minimum Gasteiger partial charge on any atom is -0.494 e. The molecule has 8 nitrogen and oxygen atoms in total. The van der Waals surface area contributed by atoms with Crippen molar-refractivity contribution in [1.82, 2.24) is 9.99 Å². The van der Waals surface area contributed by atoms with E-state index in [0.717, 1.165) is 9.86 Å². The molecule has 1 heterocycles. The lowest BCUT2D eigenvalue weighted by molar-refractivity contribution is -0.137. The van der Waals surface area contributed by atoms with Crippen LogP contribution in [-0.4, -0.2) is 35.0 Å². The Morgan fingerprint density at radius 1 is 1.03 bits per heavy atom. The fourth-order valence-corrected chi connectivity index (χ4v) is 3.33. The van der Waals surface area contributed by atoms with Crippen LogP contribution >= 0.6 is 15.9 Å². The summed E-state index contributed by atoms with van der Waals surface area (Å²) < 4.78 is 7.54. The van der Waals surface area contributed by atoms with Crippen molar-refractivity contribution in [2.24, 2.45) is 0 Å². The number of carbonyl (C=O) groups is 3. The quantitative estimate of drug-likeness (QED) is 0.462. The molecule has 162 valence electrons. The van der Waals surface area contributed by atoms with E-state index in [1.165, 1.54) is 4.68 Å². The van der Waals surface area contributed by atoms with Crippen LogP contribution in [0.4, 0.5) is 5.69 Å². The van der Waals surface area contributed by atoms with Crippen molar-refractivity contribution in [2.75, 3.05) is 17.3 Å². The van der Waals surface area contributed by atoms with E-state index in [1.807, 2.05) is 13.0 Å². The normalized spacial score (nSPS) is 10.7. The zero-order valence-corrected chi connectivity index (χ0v) is 18.9. The summed E-state index contributed by atoms with van der Waals surface area (Å²) in [5.41, 5.74) is 3.83. The van der Waals surface area contributed by atoms with Crippen LogP contribution in [0, 0.1) is 0 Å². The molecule has 0 aliphatic carbocycles. The predicted molar refractivity (Wildman–Crippen MR) is 123 cm³/mol. The third-order valence-corrected chi connectivity index (χ3v) is 4.75. The molecule has 0 saturated carbocycles.